The van der Waals surface area contributed by atoms with Crippen molar-refractivity contribution in [3.05, 3.63) is 35.6 Å². The first kappa shape index (κ1) is 14.0. The molecule has 0 aromatic heterocycles. The van der Waals surface area contributed by atoms with Gasteiger partial charge in [0.1, 0.15) is 12.4 Å². The predicted octanol–water partition coefficient (Wildman–Crippen LogP) is 1.99. The van der Waals surface area contributed by atoms with Crippen LogP contribution in [0.5, 0.6) is 0 Å². The lowest BCUT2D eigenvalue weighted by Gasteiger charge is -2.32. The molecular weight excluding hydrogens is 245 g/mol. The largest absolute Gasteiger partial charge is 0.387 e. The van der Waals surface area contributed by atoms with Crippen LogP contribution in [0.15, 0.2) is 24.3 Å². The number of piperidine rings is 1. The molecule has 0 spiro atoms. The number of aryl methyl sites for hydroxylation is 1. The molecule has 0 radical (unpaired) electrons. The van der Waals surface area contributed by atoms with Crippen LogP contribution < -0.4 is 0 Å². The van der Waals surface area contributed by atoms with Crippen LogP contribution in [0.2, 0.25) is 0 Å². The number of likely N-dealkylation sites (tertiary alicyclic amines) is 1. The Morgan fingerprint density at radius 1 is 1.37 bits per heavy atom. The Kier molecular flexibility index (Phi) is 4.91. The van der Waals surface area contributed by atoms with Crippen LogP contribution >= 0.6 is 0 Å². The van der Waals surface area contributed by atoms with E-state index < -0.39 is 6.61 Å². The van der Waals surface area contributed by atoms with Gasteiger partial charge in [-0.05, 0) is 49.3 Å². The van der Waals surface area contributed by atoms with Crippen LogP contribution in [0, 0.1) is 11.7 Å². The van der Waals surface area contributed by atoms with Crippen LogP contribution in [-0.4, -0.2) is 35.6 Å². The molecule has 1 amide bonds. The maximum atomic E-state index is 12.8. The van der Waals surface area contributed by atoms with Gasteiger partial charge in [0.05, 0.1) is 0 Å². The molecule has 1 N–H and O–H groups in total. The van der Waals surface area contributed by atoms with Crippen molar-refractivity contribution >= 4 is 5.91 Å². The van der Waals surface area contributed by atoms with Gasteiger partial charge in [0.15, 0.2) is 0 Å². The lowest BCUT2D eigenvalue weighted by molar-refractivity contribution is -0.136. The highest BCUT2D eigenvalue weighted by molar-refractivity contribution is 5.77. The van der Waals surface area contributed by atoms with Crippen molar-refractivity contribution in [3.63, 3.8) is 0 Å². The van der Waals surface area contributed by atoms with Gasteiger partial charge in [-0.1, -0.05) is 12.1 Å². The minimum Gasteiger partial charge on any atom is -0.387 e. The second-order valence-electron chi connectivity index (χ2n) is 5.17. The average molecular weight is 265 g/mol. The van der Waals surface area contributed by atoms with Crippen LogP contribution in [-0.2, 0) is 11.2 Å². The monoisotopic (exact) mass is 265 g/mol. The van der Waals surface area contributed by atoms with E-state index >= 15 is 0 Å². The first-order valence-corrected chi connectivity index (χ1v) is 6.82. The SMILES string of the molecule is O=C(CO)N1CCC[C@@H](CCc2ccc(F)cc2)C1. The van der Waals surface area contributed by atoms with E-state index in [1.54, 1.807) is 4.90 Å². The van der Waals surface area contributed by atoms with E-state index in [9.17, 15) is 9.18 Å². The number of amides is 1. The molecule has 1 aliphatic rings. The van der Waals surface area contributed by atoms with Crippen molar-refractivity contribution in [1.82, 2.24) is 4.90 Å². The molecule has 19 heavy (non-hydrogen) atoms. The molecular formula is C15H20FNO2. The molecule has 0 bridgehead atoms. The van der Waals surface area contributed by atoms with Gasteiger partial charge in [0.2, 0.25) is 5.91 Å². The first-order chi connectivity index (χ1) is 9.19. The van der Waals surface area contributed by atoms with Gasteiger partial charge < -0.3 is 10.0 Å². The summed E-state index contributed by atoms with van der Waals surface area (Å²) in [5, 5.41) is 8.88. The number of hydrogen-bond donors (Lipinski definition) is 1. The highest BCUT2D eigenvalue weighted by Gasteiger charge is 2.22. The van der Waals surface area contributed by atoms with Crippen molar-refractivity contribution in [2.24, 2.45) is 5.92 Å². The van der Waals surface area contributed by atoms with E-state index in [0.717, 1.165) is 44.3 Å². The summed E-state index contributed by atoms with van der Waals surface area (Å²) < 4.78 is 12.8. The van der Waals surface area contributed by atoms with Gasteiger partial charge in [0, 0.05) is 13.1 Å². The van der Waals surface area contributed by atoms with E-state index in [0.29, 0.717) is 5.92 Å². The summed E-state index contributed by atoms with van der Waals surface area (Å²) in [6.45, 7) is 1.09. The Hall–Kier alpha value is -1.42. The standard InChI is InChI=1S/C15H20FNO2/c16-14-7-5-12(6-8-14)3-4-13-2-1-9-17(10-13)15(19)11-18/h5-8,13,18H,1-4,9-11H2/t13-/m0/s1. The van der Waals surface area contributed by atoms with Gasteiger partial charge in [0.25, 0.3) is 0 Å². The van der Waals surface area contributed by atoms with Crippen molar-refractivity contribution in [3.8, 4) is 0 Å². The van der Waals surface area contributed by atoms with Gasteiger partial charge in [-0.2, -0.15) is 0 Å². The van der Waals surface area contributed by atoms with Crippen LogP contribution in [0.4, 0.5) is 4.39 Å². The van der Waals surface area contributed by atoms with Crippen molar-refractivity contribution in [2.75, 3.05) is 19.7 Å². The minimum absolute atomic E-state index is 0.175. The fourth-order valence-corrected chi connectivity index (χ4v) is 2.65. The normalized spacial score (nSPS) is 19.5. The summed E-state index contributed by atoms with van der Waals surface area (Å²) in [6, 6.07) is 6.60. The number of aliphatic hydroxyl groups excluding tert-OH is 1. The quantitative estimate of drug-likeness (QED) is 0.904. The molecule has 1 aromatic rings. The van der Waals surface area contributed by atoms with Crippen molar-refractivity contribution in [2.45, 2.75) is 25.7 Å². The Labute approximate surface area is 113 Å². The second kappa shape index (κ2) is 6.66. The molecule has 0 saturated carbocycles. The molecule has 1 aliphatic heterocycles. The van der Waals surface area contributed by atoms with Crippen molar-refractivity contribution in [1.29, 1.82) is 0 Å². The minimum atomic E-state index is -0.398. The number of benzene rings is 1. The molecule has 3 nitrogen and oxygen atoms in total. The Morgan fingerprint density at radius 3 is 2.79 bits per heavy atom. The first-order valence-electron chi connectivity index (χ1n) is 6.82. The zero-order valence-corrected chi connectivity index (χ0v) is 11.0. The van der Waals surface area contributed by atoms with Crippen LogP contribution in [0.3, 0.4) is 0 Å². The number of hydrogen-bond acceptors (Lipinski definition) is 2. The molecule has 1 saturated heterocycles. The summed E-state index contributed by atoms with van der Waals surface area (Å²) in [5.74, 6) is 0.0990. The highest BCUT2D eigenvalue weighted by Crippen LogP contribution is 2.21. The van der Waals surface area contributed by atoms with E-state index in [4.69, 9.17) is 5.11 Å². The number of carbonyl (C=O) groups excluding carboxylic acids is 1. The Bertz CT molecular complexity index is 419. The molecule has 0 aliphatic carbocycles. The van der Waals surface area contributed by atoms with Crippen LogP contribution in [0.1, 0.15) is 24.8 Å². The lowest BCUT2D eigenvalue weighted by atomic mass is 9.91. The van der Waals surface area contributed by atoms with E-state index in [1.807, 2.05) is 12.1 Å². The van der Waals surface area contributed by atoms with Crippen molar-refractivity contribution < 1.29 is 14.3 Å². The molecule has 1 atom stereocenters. The predicted molar refractivity (Wildman–Crippen MR) is 71.1 cm³/mol. The number of nitrogens with zero attached hydrogens (tertiary/aromatic N) is 1. The number of rotatable bonds is 4. The summed E-state index contributed by atoms with van der Waals surface area (Å²) in [6.07, 6.45) is 4.03. The fourth-order valence-electron chi connectivity index (χ4n) is 2.65. The molecule has 4 heteroatoms. The third kappa shape index (κ3) is 4.03. The Balaban J connectivity index is 1.82. The number of aliphatic hydroxyl groups is 1. The van der Waals surface area contributed by atoms with E-state index in [-0.39, 0.29) is 11.7 Å². The zero-order valence-electron chi connectivity index (χ0n) is 11.0. The van der Waals surface area contributed by atoms with Gasteiger partial charge >= 0.3 is 0 Å². The van der Waals surface area contributed by atoms with Crippen LogP contribution in [0.25, 0.3) is 0 Å². The topological polar surface area (TPSA) is 40.5 Å². The molecule has 1 aromatic carbocycles. The molecule has 1 heterocycles. The number of carbonyl (C=O) groups is 1. The van der Waals surface area contributed by atoms with Gasteiger partial charge in [-0.3, -0.25) is 4.79 Å². The second-order valence-corrected chi connectivity index (χ2v) is 5.17. The summed E-state index contributed by atoms with van der Waals surface area (Å²) in [7, 11) is 0. The maximum absolute atomic E-state index is 12.8. The average Bonchev–Trinajstić information content (AvgIpc) is 2.46. The highest BCUT2D eigenvalue weighted by atomic mass is 19.1. The third-order valence-corrected chi connectivity index (χ3v) is 3.76. The Morgan fingerprint density at radius 2 is 2.11 bits per heavy atom. The summed E-state index contributed by atoms with van der Waals surface area (Å²) >= 11 is 0. The summed E-state index contributed by atoms with van der Waals surface area (Å²) in [5.41, 5.74) is 1.13. The van der Waals surface area contributed by atoms with E-state index in [2.05, 4.69) is 0 Å². The number of halogens is 1. The fraction of sp³-hybridized carbons (Fsp3) is 0.533. The summed E-state index contributed by atoms with van der Waals surface area (Å²) in [4.78, 5) is 13.2. The maximum Gasteiger partial charge on any atom is 0.248 e. The zero-order chi connectivity index (χ0) is 13.7. The molecule has 1 fully saturated rings. The molecule has 104 valence electrons. The third-order valence-electron chi connectivity index (χ3n) is 3.76. The van der Waals surface area contributed by atoms with Gasteiger partial charge in [-0.15, -0.1) is 0 Å². The van der Waals surface area contributed by atoms with Gasteiger partial charge in [-0.25, -0.2) is 4.39 Å². The van der Waals surface area contributed by atoms with E-state index in [1.165, 1.54) is 12.1 Å². The molecule has 2 rings (SSSR count). The molecule has 0 unspecified atom stereocenters. The smallest absolute Gasteiger partial charge is 0.248 e. The lowest BCUT2D eigenvalue weighted by Crippen LogP contribution is -2.41.